The number of hydrogen-bond donors (Lipinski definition) is 4. The van der Waals surface area contributed by atoms with Crippen molar-refractivity contribution in [2.75, 3.05) is 0 Å². The summed E-state index contributed by atoms with van der Waals surface area (Å²) in [5.74, 6) is -1.36. The summed E-state index contributed by atoms with van der Waals surface area (Å²) in [4.78, 5) is 30.3. The molecule has 0 atom stereocenters. The van der Waals surface area contributed by atoms with Gasteiger partial charge in [-0.15, -0.1) is 0 Å². The van der Waals surface area contributed by atoms with Crippen molar-refractivity contribution in [1.82, 2.24) is 9.97 Å². The van der Waals surface area contributed by atoms with Gasteiger partial charge in [-0.3, -0.25) is 9.59 Å². The van der Waals surface area contributed by atoms with Gasteiger partial charge >= 0.3 is 0 Å². The van der Waals surface area contributed by atoms with Gasteiger partial charge in [-0.05, 0) is 31.5 Å². The molecule has 128 valence electrons. The molecule has 0 saturated carbocycles. The third-order valence-electron chi connectivity index (χ3n) is 4.08. The highest BCUT2D eigenvalue weighted by molar-refractivity contribution is 5.51. The van der Waals surface area contributed by atoms with Crippen LogP contribution in [0.3, 0.4) is 0 Å². The van der Waals surface area contributed by atoms with Gasteiger partial charge in [0.15, 0.2) is 0 Å². The Morgan fingerprint density at radius 2 is 1.24 bits per heavy atom. The van der Waals surface area contributed by atoms with Gasteiger partial charge in [-0.25, -0.2) is 0 Å². The summed E-state index contributed by atoms with van der Waals surface area (Å²) in [6, 6.07) is 11.7. The summed E-state index contributed by atoms with van der Waals surface area (Å²) in [5, 5.41) is 20.8. The normalized spacial score (nSPS) is 11.0. The summed E-state index contributed by atoms with van der Waals surface area (Å²) in [6.45, 7) is 3.30. The molecule has 0 bridgehead atoms. The van der Waals surface area contributed by atoms with Crippen LogP contribution in [0.25, 0.3) is 0 Å². The minimum Gasteiger partial charge on any atom is -0.507 e. The van der Waals surface area contributed by atoms with E-state index >= 15 is 0 Å². The van der Waals surface area contributed by atoms with Crippen molar-refractivity contribution < 1.29 is 10.2 Å². The van der Waals surface area contributed by atoms with Crippen molar-refractivity contribution in [2.24, 2.45) is 0 Å². The molecule has 0 aliphatic carbocycles. The average Bonchev–Trinajstić information content (AvgIpc) is 2.52. The minimum atomic E-state index is -0.908. The van der Waals surface area contributed by atoms with Crippen LogP contribution < -0.4 is 11.1 Å². The van der Waals surface area contributed by atoms with E-state index in [0.29, 0.717) is 17.0 Å². The summed E-state index contributed by atoms with van der Waals surface area (Å²) in [5.41, 5.74) is 0.622. The van der Waals surface area contributed by atoms with Gasteiger partial charge in [0, 0.05) is 11.4 Å². The maximum Gasteiger partial charge on any atom is 0.256 e. The number of aromatic amines is 2. The summed E-state index contributed by atoms with van der Waals surface area (Å²) in [6.07, 6.45) is 0. The lowest BCUT2D eigenvalue weighted by molar-refractivity contribution is 0.454. The Kier molecular flexibility index (Phi) is 4.19. The van der Waals surface area contributed by atoms with Crippen molar-refractivity contribution in [3.63, 3.8) is 0 Å². The molecule has 2 heterocycles. The number of aryl methyl sites for hydroxylation is 2. The first-order valence-electron chi connectivity index (χ1n) is 7.79. The summed E-state index contributed by atoms with van der Waals surface area (Å²) < 4.78 is 0. The van der Waals surface area contributed by atoms with Gasteiger partial charge < -0.3 is 20.2 Å². The van der Waals surface area contributed by atoms with Crippen molar-refractivity contribution in [3.05, 3.63) is 91.3 Å². The molecule has 0 radical (unpaired) electrons. The first-order chi connectivity index (χ1) is 11.9. The molecule has 0 aliphatic heterocycles. The molecule has 0 fully saturated rings. The lowest BCUT2D eigenvalue weighted by Crippen LogP contribution is -2.24. The van der Waals surface area contributed by atoms with Crippen LogP contribution in [0.4, 0.5) is 0 Å². The number of hydrogen-bond acceptors (Lipinski definition) is 4. The van der Waals surface area contributed by atoms with Gasteiger partial charge in [0.25, 0.3) is 11.1 Å². The molecule has 25 heavy (non-hydrogen) atoms. The zero-order chi connectivity index (χ0) is 18.1. The highest BCUT2D eigenvalue weighted by Gasteiger charge is 2.28. The molecule has 4 N–H and O–H groups in total. The van der Waals surface area contributed by atoms with E-state index in [1.807, 2.05) is 0 Å². The van der Waals surface area contributed by atoms with Crippen LogP contribution in [0.5, 0.6) is 11.5 Å². The number of pyridine rings is 2. The number of aromatic nitrogens is 2. The molecule has 0 saturated heterocycles. The fraction of sp³-hybridized carbons (Fsp3) is 0.158. The second-order valence-corrected chi connectivity index (χ2v) is 6.00. The molecule has 0 amide bonds. The van der Waals surface area contributed by atoms with E-state index in [2.05, 4.69) is 9.97 Å². The van der Waals surface area contributed by atoms with E-state index in [1.54, 1.807) is 44.2 Å². The van der Waals surface area contributed by atoms with E-state index in [4.69, 9.17) is 0 Å². The van der Waals surface area contributed by atoms with Crippen LogP contribution in [0, 0.1) is 13.8 Å². The van der Waals surface area contributed by atoms with Crippen molar-refractivity contribution in [2.45, 2.75) is 19.8 Å². The minimum absolute atomic E-state index is 0.0152. The Morgan fingerprint density at radius 1 is 0.800 bits per heavy atom. The maximum absolute atomic E-state index is 12.5. The molecular weight excluding hydrogens is 320 g/mol. The number of benzene rings is 1. The molecule has 6 heteroatoms. The molecular formula is C19H18N2O4. The third-order valence-corrected chi connectivity index (χ3v) is 4.08. The first-order valence-corrected chi connectivity index (χ1v) is 7.79. The monoisotopic (exact) mass is 338 g/mol. The van der Waals surface area contributed by atoms with Crippen molar-refractivity contribution in [3.8, 4) is 11.5 Å². The van der Waals surface area contributed by atoms with Crippen LogP contribution in [0.1, 0.15) is 34.0 Å². The molecule has 0 spiro atoms. The van der Waals surface area contributed by atoms with E-state index in [1.165, 1.54) is 12.1 Å². The van der Waals surface area contributed by atoms with E-state index in [-0.39, 0.29) is 22.6 Å². The smallest absolute Gasteiger partial charge is 0.256 e. The SMILES string of the molecule is Cc1cc(O)c(C(c2ccccc2)c2c(O)cc(C)[nH]c2=O)c(=O)[nH]1. The van der Waals surface area contributed by atoms with Crippen molar-refractivity contribution in [1.29, 1.82) is 0 Å². The predicted octanol–water partition coefficient (Wildman–Crippen LogP) is 2.27. The van der Waals surface area contributed by atoms with Crippen LogP contribution in [0.15, 0.2) is 52.1 Å². The van der Waals surface area contributed by atoms with Crippen molar-refractivity contribution >= 4 is 0 Å². The van der Waals surface area contributed by atoms with Gasteiger partial charge in [0.2, 0.25) is 0 Å². The maximum atomic E-state index is 12.5. The van der Waals surface area contributed by atoms with Crippen LogP contribution in [0.2, 0.25) is 0 Å². The molecule has 0 aliphatic rings. The largest absolute Gasteiger partial charge is 0.507 e. The number of nitrogens with one attached hydrogen (secondary N) is 2. The lowest BCUT2D eigenvalue weighted by atomic mass is 9.85. The Bertz CT molecular complexity index is 970. The molecule has 2 aromatic heterocycles. The Morgan fingerprint density at radius 3 is 1.64 bits per heavy atom. The van der Waals surface area contributed by atoms with Crippen LogP contribution in [-0.2, 0) is 0 Å². The number of aromatic hydroxyl groups is 2. The zero-order valence-electron chi connectivity index (χ0n) is 13.8. The predicted molar refractivity (Wildman–Crippen MR) is 94.3 cm³/mol. The zero-order valence-corrected chi connectivity index (χ0v) is 13.8. The topological polar surface area (TPSA) is 106 Å². The number of H-pyrrole nitrogens is 2. The first kappa shape index (κ1) is 16.6. The van der Waals surface area contributed by atoms with E-state index < -0.39 is 17.0 Å². The molecule has 3 rings (SSSR count). The lowest BCUT2D eigenvalue weighted by Gasteiger charge is -2.19. The molecule has 6 nitrogen and oxygen atoms in total. The van der Waals surface area contributed by atoms with Crippen LogP contribution in [-0.4, -0.2) is 20.2 Å². The molecule has 0 unspecified atom stereocenters. The average molecular weight is 338 g/mol. The van der Waals surface area contributed by atoms with Gasteiger partial charge in [0.1, 0.15) is 11.5 Å². The van der Waals surface area contributed by atoms with Gasteiger partial charge in [-0.1, -0.05) is 30.3 Å². The number of rotatable bonds is 3. The summed E-state index contributed by atoms with van der Waals surface area (Å²) >= 11 is 0. The highest BCUT2D eigenvalue weighted by Crippen LogP contribution is 2.36. The standard InChI is InChI=1S/C19H18N2O4/c1-10-8-13(22)16(18(24)20-10)15(12-6-4-3-5-7-12)17-14(23)9-11(2)21-19(17)25/h3-9,15H,1-2H3,(H2,20,22,24)(H2,21,23,25). The van der Waals surface area contributed by atoms with Crippen LogP contribution >= 0.6 is 0 Å². The summed E-state index contributed by atoms with van der Waals surface area (Å²) in [7, 11) is 0. The van der Waals surface area contributed by atoms with Gasteiger partial charge in [-0.2, -0.15) is 0 Å². The van der Waals surface area contributed by atoms with E-state index in [0.717, 1.165) is 0 Å². The van der Waals surface area contributed by atoms with E-state index in [9.17, 15) is 19.8 Å². The Labute approximate surface area is 143 Å². The molecule has 1 aromatic carbocycles. The second kappa shape index (κ2) is 6.32. The Hall–Kier alpha value is -3.28. The second-order valence-electron chi connectivity index (χ2n) is 6.00. The fourth-order valence-corrected chi connectivity index (χ4v) is 3.04. The Balaban J connectivity index is 2.38. The fourth-order valence-electron chi connectivity index (χ4n) is 3.04. The quantitative estimate of drug-likeness (QED) is 0.588. The molecule has 3 aromatic rings. The third kappa shape index (κ3) is 3.06. The van der Waals surface area contributed by atoms with Gasteiger partial charge in [0.05, 0.1) is 17.0 Å². The highest BCUT2D eigenvalue weighted by atomic mass is 16.3.